The van der Waals surface area contributed by atoms with Gasteiger partial charge in [-0.05, 0) is 56.7 Å². The van der Waals surface area contributed by atoms with E-state index < -0.39 is 0 Å². The van der Waals surface area contributed by atoms with Crippen LogP contribution in [0.2, 0.25) is 0 Å². The number of carbonyl (C=O) groups excluding carboxylic acids is 1. The van der Waals surface area contributed by atoms with Crippen LogP contribution in [0.25, 0.3) is 0 Å². The molecule has 2 fully saturated rings. The highest BCUT2D eigenvalue weighted by Crippen LogP contribution is 2.23. The summed E-state index contributed by atoms with van der Waals surface area (Å²) in [5.41, 5.74) is 1.35. The number of likely N-dealkylation sites (tertiary alicyclic amines) is 1. The molecule has 1 aromatic rings. The molecule has 2 aliphatic heterocycles. The van der Waals surface area contributed by atoms with E-state index in [4.69, 9.17) is 0 Å². The van der Waals surface area contributed by atoms with Gasteiger partial charge in [0.1, 0.15) is 0 Å². The topological polar surface area (TPSA) is 32.3 Å². The highest BCUT2D eigenvalue weighted by atomic mass is 16.2. The number of hydrogen-bond acceptors (Lipinski definition) is 2. The van der Waals surface area contributed by atoms with Gasteiger partial charge in [0.2, 0.25) is 5.91 Å². The minimum absolute atomic E-state index is 0.375. The fraction of sp³-hybridized carbons (Fsp3) is 0.611. The van der Waals surface area contributed by atoms with Crippen molar-refractivity contribution in [3.8, 4) is 0 Å². The van der Waals surface area contributed by atoms with Crippen LogP contribution in [-0.2, 0) is 11.2 Å². The van der Waals surface area contributed by atoms with Crippen LogP contribution in [0.3, 0.4) is 0 Å². The summed E-state index contributed by atoms with van der Waals surface area (Å²) in [4.78, 5) is 14.7. The second-order valence-corrected chi connectivity index (χ2v) is 6.47. The number of amides is 1. The van der Waals surface area contributed by atoms with Crippen molar-refractivity contribution in [2.75, 3.05) is 19.6 Å². The van der Waals surface area contributed by atoms with Crippen molar-refractivity contribution < 1.29 is 4.79 Å². The third kappa shape index (κ3) is 3.85. The predicted molar refractivity (Wildman–Crippen MR) is 85.1 cm³/mol. The Morgan fingerprint density at radius 2 is 2.10 bits per heavy atom. The Labute approximate surface area is 127 Å². The first-order valence-electron chi connectivity index (χ1n) is 8.37. The summed E-state index contributed by atoms with van der Waals surface area (Å²) in [5.74, 6) is 1.09. The van der Waals surface area contributed by atoms with Crippen LogP contribution in [0, 0.1) is 5.92 Å². The van der Waals surface area contributed by atoms with Gasteiger partial charge in [0.15, 0.2) is 0 Å². The van der Waals surface area contributed by atoms with E-state index in [1.54, 1.807) is 0 Å². The van der Waals surface area contributed by atoms with Gasteiger partial charge in [-0.15, -0.1) is 0 Å². The third-order valence-corrected chi connectivity index (χ3v) is 4.94. The van der Waals surface area contributed by atoms with Crippen LogP contribution in [0.1, 0.15) is 37.7 Å². The minimum atomic E-state index is 0.375. The Bertz CT molecular complexity index is 454. The predicted octanol–water partition coefficient (Wildman–Crippen LogP) is 2.61. The number of nitrogens with one attached hydrogen (secondary N) is 1. The SMILES string of the molecule is O=C(CCC1CCNC1)N1CCCC1Cc1ccccc1. The van der Waals surface area contributed by atoms with E-state index in [0.717, 1.165) is 51.7 Å². The molecule has 0 spiro atoms. The van der Waals surface area contributed by atoms with Crippen molar-refractivity contribution >= 4 is 5.91 Å². The molecule has 2 saturated heterocycles. The van der Waals surface area contributed by atoms with Crippen LogP contribution in [0.15, 0.2) is 30.3 Å². The van der Waals surface area contributed by atoms with E-state index in [1.807, 2.05) is 0 Å². The van der Waals surface area contributed by atoms with Gasteiger partial charge in [-0.3, -0.25) is 4.79 Å². The van der Waals surface area contributed by atoms with E-state index in [0.29, 0.717) is 17.9 Å². The first-order valence-corrected chi connectivity index (χ1v) is 8.37. The maximum atomic E-state index is 12.5. The number of hydrogen-bond donors (Lipinski definition) is 1. The van der Waals surface area contributed by atoms with E-state index in [9.17, 15) is 4.79 Å². The molecule has 3 rings (SSSR count). The second-order valence-electron chi connectivity index (χ2n) is 6.47. The Kier molecular flexibility index (Phi) is 4.91. The number of rotatable bonds is 5. The Hall–Kier alpha value is -1.35. The molecule has 21 heavy (non-hydrogen) atoms. The minimum Gasteiger partial charge on any atom is -0.339 e. The molecule has 0 saturated carbocycles. The zero-order valence-corrected chi connectivity index (χ0v) is 12.8. The van der Waals surface area contributed by atoms with Crippen molar-refractivity contribution in [3.63, 3.8) is 0 Å². The number of carbonyl (C=O) groups is 1. The lowest BCUT2D eigenvalue weighted by atomic mass is 10.0. The van der Waals surface area contributed by atoms with Gasteiger partial charge in [-0.2, -0.15) is 0 Å². The first kappa shape index (κ1) is 14.6. The standard InChI is InChI=1S/C18H26N2O/c21-18(9-8-16-10-11-19-14-16)20-12-4-7-17(20)13-15-5-2-1-3-6-15/h1-3,5-6,16-17,19H,4,7-14H2. The summed E-state index contributed by atoms with van der Waals surface area (Å²) >= 11 is 0. The lowest BCUT2D eigenvalue weighted by molar-refractivity contribution is -0.132. The van der Waals surface area contributed by atoms with Crippen LogP contribution in [0.5, 0.6) is 0 Å². The summed E-state index contributed by atoms with van der Waals surface area (Å²) in [6.07, 6.45) is 6.36. The molecular weight excluding hydrogens is 260 g/mol. The molecule has 2 atom stereocenters. The molecule has 2 heterocycles. The van der Waals surface area contributed by atoms with Crippen LogP contribution < -0.4 is 5.32 Å². The molecule has 0 radical (unpaired) electrons. The summed E-state index contributed by atoms with van der Waals surface area (Å²) in [7, 11) is 0. The van der Waals surface area contributed by atoms with Crippen molar-refractivity contribution in [2.24, 2.45) is 5.92 Å². The highest BCUT2D eigenvalue weighted by Gasteiger charge is 2.29. The Morgan fingerprint density at radius 1 is 1.24 bits per heavy atom. The van der Waals surface area contributed by atoms with Gasteiger partial charge in [0.05, 0.1) is 0 Å². The molecule has 1 aromatic carbocycles. The fourth-order valence-corrected chi connectivity index (χ4v) is 3.69. The van der Waals surface area contributed by atoms with E-state index in [2.05, 4.69) is 40.5 Å². The van der Waals surface area contributed by atoms with Gasteiger partial charge in [-0.25, -0.2) is 0 Å². The summed E-state index contributed by atoms with van der Waals surface area (Å²) in [6, 6.07) is 11.0. The normalized spacial score (nSPS) is 25.4. The molecule has 0 aliphatic carbocycles. The third-order valence-electron chi connectivity index (χ3n) is 4.94. The van der Waals surface area contributed by atoms with Crippen LogP contribution >= 0.6 is 0 Å². The fourth-order valence-electron chi connectivity index (χ4n) is 3.69. The zero-order chi connectivity index (χ0) is 14.5. The average molecular weight is 286 g/mol. The summed E-state index contributed by atoms with van der Waals surface area (Å²) < 4.78 is 0. The van der Waals surface area contributed by atoms with Crippen molar-refractivity contribution in [1.82, 2.24) is 10.2 Å². The summed E-state index contributed by atoms with van der Waals surface area (Å²) in [6.45, 7) is 3.18. The van der Waals surface area contributed by atoms with Crippen molar-refractivity contribution in [3.05, 3.63) is 35.9 Å². The average Bonchev–Trinajstić information content (AvgIpc) is 3.17. The maximum absolute atomic E-state index is 12.5. The number of nitrogens with zero attached hydrogens (tertiary/aromatic N) is 1. The smallest absolute Gasteiger partial charge is 0.222 e. The zero-order valence-electron chi connectivity index (χ0n) is 12.8. The quantitative estimate of drug-likeness (QED) is 0.902. The summed E-state index contributed by atoms with van der Waals surface area (Å²) in [5, 5.41) is 3.38. The van der Waals surface area contributed by atoms with E-state index in [1.165, 1.54) is 12.0 Å². The lowest BCUT2D eigenvalue weighted by Crippen LogP contribution is -2.36. The van der Waals surface area contributed by atoms with Crippen molar-refractivity contribution in [2.45, 2.75) is 44.6 Å². The van der Waals surface area contributed by atoms with E-state index >= 15 is 0 Å². The molecule has 2 aliphatic rings. The Balaban J connectivity index is 1.52. The molecule has 2 unspecified atom stereocenters. The van der Waals surface area contributed by atoms with Gasteiger partial charge in [0, 0.05) is 19.0 Å². The second kappa shape index (κ2) is 7.08. The largest absolute Gasteiger partial charge is 0.339 e. The maximum Gasteiger partial charge on any atom is 0.222 e. The monoisotopic (exact) mass is 286 g/mol. The molecule has 0 aromatic heterocycles. The molecule has 1 N–H and O–H groups in total. The van der Waals surface area contributed by atoms with Gasteiger partial charge in [0.25, 0.3) is 0 Å². The molecule has 3 heteroatoms. The molecular formula is C18H26N2O. The highest BCUT2D eigenvalue weighted by molar-refractivity contribution is 5.76. The number of benzene rings is 1. The van der Waals surface area contributed by atoms with Crippen LogP contribution in [-0.4, -0.2) is 36.5 Å². The molecule has 0 bridgehead atoms. The van der Waals surface area contributed by atoms with Crippen LogP contribution in [0.4, 0.5) is 0 Å². The van der Waals surface area contributed by atoms with Crippen molar-refractivity contribution in [1.29, 1.82) is 0 Å². The Morgan fingerprint density at radius 3 is 2.86 bits per heavy atom. The molecule has 114 valence electrons. The van der Waals surface area contributed by atoms with Gasteiger partial charge in [-0.1, -0.05) is 30.3 Å². The van der Waals surface area contributed by atoms with Gasteiger partial charge < -0.3 is 10.2 Å². The lowest BCUT2D eigenvalue weighted by Gasteiger charge is -2.25. The van der Waals surface area contributed by atoms with Gasteiger partial charge >= 0.3 is 0 Å². The molecule has 3 nitrogen and oxygen atoms in total. The molecule has 1 amide bonds. The first-order chi connectivity index (χ1) is 10.3. The van der Waals surface area contributed by atoms with E-state index in [-0.39, 0.29) is 0 Å².